The van der Waals surface area contributed by atoms with Crippen LogP contribution in [0.5, 0.6) is 0 Å². The minimum absolute atomic E-state index is 0.238. The van der Waals surface area contributed by atoms with E-state index in [0.29, 0.717) is 11.3 Å². The number of aliphatic hydroxyl groups is 1. The van der Waals surface area contributed by atoms with E-state index in [-0.39, 0.29) is 11.5 Å². The summed E-state index contributed by atoms with van der Waals surface area (Å²) in [6.07, 6.45) is 18.4. The lowest BCUT2D eigenvalue weighted by Crippen LogP contribution is -2.42. The summed E-state index contributed by atoms with van der Waals surface area (Å²) in [5, 5.41) is 10.1. The Morgan fingerprint density at radius 3 is 2.50 bits per heavy atom. The van der Waals surface area contributed by atoms with Crippen LogP contribution in [0, 0.1) is 34.5 Å². The number of hydrogen-bond acceptors (Lipinski definition) is 1. The van der Waals surface area contributed by atoms with Crippen LogP contribution in [0.2, 0.25) is 0 Å². The molecule has 0 aromatic carbocycles. The molecule has 1 unspecified atom stereocenters. The van der Waals surface area contributed by atoms with Crippen molar-refractivity contribution in [2.45, 2.75) is 98.5 Å². The summed E-state index contributed by atoms with van der Waals surface area (Å²) >= 11 is 0. The summed E-state index contributed by atoms with van der Waals surface area (Å²) in [4.78, 5) is 0. The molecule has 0 aliphatic heterocycles. The second-order valence-corrected chi connectivity index (χ2v) is 11.4. The molecule has 0 saturated heterocycles. The number of rotatable bonds is 5. The van der Waals surface area contributed by atoms with Gasteiger partial charge in [-0.3, -0.25) is 0 Å². The van der Waals surface area contributed by atoms with Gasteiger partial charge in [-0.05, 0) is 84.2 Å². The predicted octanol–water partition coefficient (Wildman–Crippen LogP) is 7.23. The summed E-state index contributed by atoms with van der Waals surface area (Å²) in [6.45, 7) is 12.3. The molecule has 0 bridgehead atoms. The highest BCUT2D eigenvalue weighted by atomic mass is 16.3. The van der Waals surface area contributed by atoms with Gasteiger partial charge >= 0.3 is 0 Å². The van der Waals surface area contributed by atoms with E-state index in [9.17, 15) is 5.11 Å². The smallest absolute Gasteiger partial charge is 0.0727 e. The maximum atomic E-state index is 10.1. The molecule has 0 heterocycles. The molecule has 6 atom stereocenters. The van der Waals surface area contributed by atoms with E-state index < -0.39 is 0 Å². The van der Waals surface area contributed by atoms with E-state index in [2.05, 4.69) is 52.8 Å². The van der Waals surface area contributed by atoms with Gasteiger partial charge in [-0.25, -0.2) is 0 Å². The Kier molecular flexibility index (Phi) is 5.45. The molecule has 1 saturated carbocycles. The molecule has 1 nitrogen and oxygen atoms in total. The van der Waals surface area contributed by atoms with Gasteiger partial charge in [0.1, 0.15) is 0 Å². The summed E-state index contributed by atoms with van der Waals surface area (Å²) in [5.74, 6) is 3.23. The second-order valence-electron chi connectivity index (χ2n) is 11.4. The molecule has 0 aromatic rings. The van der Waals surface area contributed by atoms with Gasteiger partial charge in [0.15, 0.2) is 0 Å². The highest BCUT2D eigenvalue weighted by molar-refractivity contribution is 5.49. The maximum absolute atomic E-state index is 10.1. The zero-order valence-corrected chi connectivity index (χ0v) is 18.9. The molecule has 1 heteroatoms. The number of allylic oxidation sites excluding steroid dienone is 5. The van der Waals surface area contributed by atoms with Crippen LogP contribution in [0.1, 0.15) is 92.4 Å². The van der Waals surface area contributed by atoms with Gasteiger partial charge in [0, 0.05) is 0 Å². The highest BCUT2D eigenvalue weighted by Crippen LogP contribution is 2.63. The molecule has 4 aliphatic rings. The molecule has 1 fully saturated rings. The molecular weight excluding hydrogens is 340 g/mol. The molecule has 156 valence electrons. The average Bonchev–Trinajstić information content (AvgIpc) is 2.99. The van der Waals surface area contributed by atoms with Gasteiger partial charge in [-0.1, -0.05) is 77.7 Å². The average molecular weight is 383 g/mol. The van der Waals surface area contributed by atoms with Crippen molar-refractivity contribution in [3.63, 3.8) is 0 Å². The van der Waals surface area contributed by atoms with Crippen LogP contribution in [0.4, 0.5) is 0 Å². The van der Waals surface area contributed by atoms with E-state index >= 15 is 0 Å². The van der Waals surface area contributed by atoms with Crippen molar-refractivity contribution in [2.75, 3.05) is 0 Å². The fourth-order valence-corrected chi connectivity index (χ4v) is 7.46. The number of fused-ring (bicyclic) bond motifs is 4. The lowest BCUT2D eigenvalue weighted by molar-refractivity contribution is 0.107. The van der Waals surface area contributed by atoms with Crippen molar-refractivity contribution in [2.24, 2.45) is 34.5 Å². The summed E-state index contributed by atoms with van der Waals surface area (Å²) in [5.41, 5.74) is 5.59. The van der Waals surface area contributed by atoms with E-state index in [4.69, 9.17) is 0 Å². The van der Waals surface area contributed by atoms with Crippen molar-refractivity contribution in [3.8, 4) is 0 Å². The Hall–Kier alpha value is -0.820. The summed E-state index contributed by atoms with van der Waals surface area (Å²) < 4.78 is 0. The summed E-state index contributed by atoms with van der Waals surface area (Å²) in [7, 11) is 0. The third kappa shape index (κ3) is 3.26. The van der Waals surface area contributed by atoms with Crippen molar-refractivity contribution in [3.05, 3.63) is 34.9 Å². The zero-order valence-electron chi connectivity index (χ0n) is 18.9. The maximum Gasteiger partial charge on any atom is 0.0727 e. The zero-order chi connectivity index (χ0) is 20.1. The first-order chi connectivity index (χ1) is 13.3. The van der Waals surface area contributed by atoms with Gasteiger partial charge in [-0.2, -0.15) is 0 Å². The van der Waals surface area contributed by atoms with Crippen molar-refractivity contribution >= 4 is 0 Å². The largest absolute Gasteiger partial charge is 0.389 e. The molecule has 1 N–H and O–H groups in total. The second kappa shape index (κ2) is 7.46. The van der Waals surface area contributed by atoms with Crippen LogP contribution < -0.4 is 0 Å². The van der Waals surface area contributed by atoms with Crippen LogP contribution in [0.25, 0.3) is 0 Å². The van der Waals surface area contributed by atoms with Crippen LogP contribution in [0.3, 0.4) is 0 Å². The minimum atomic E-state index is -0.238. The van der Waals surface area contributed by atoms with Crippen molar-refractivity contribution in [1.29, 1.82) is 0 Å². The van der Waals surface area contributed by atoms with Gasteiger partial charge in [-0.15, -0.1) is 0 Å². The SMILES string of the molecule is CC(C)CCC[C@@H](C)[C@H]1CCC2=C3C=CC4=C[C@@H](O)CC[C@]4(C)C3CC[C@@]21C. The summed E-state index contributed by atoms with van der Waals surface area (Å²) in [6, 6.07) is 0. The molecule has 0 amide bonds. The Morgan fingerprint density at radius 2 is 1.75 bits per heavy atom. The predicted molar refractivity (Wildman–Crippen MR) is 119 cm³/mol. The first-order valence-electron chi connectivity index (χ1n) is 12.1. The molecule has 4 aliphatic carbocycles. The standard InChI is InChI=1S/C27H42O/c1-18(2)7-6-8-19(3)23-11-12-24-22-10-9-20-17-21(28)13-15-26(20,4)25(22)14-16-27(23,24)5/h9-10,17-19,21,23,25,28H,6-8,11-16H2,1-5H3/t19-,21+,23-,25?,26+,27-/m1/s1. The lowest BCUT2D eigenvalue weighted by atomic mass is 9.53. The fraction of sp³-hybridized carbons (Fsp3) is 0.778. The van der Waals surface area contributed by atoms with Gasteiger partial charge in [0.25, 0.3) is 0 Å². The normalized spacial score (nSPS) is 40.8. The van der Waals surface area contributed by atoms with Crippen LogP contribution in [0.15, 0.2) is 34.9 Å². The van der Waals surface area contributed by atoms with Crippen molar-refractivity contribution in [1.82, 2.24) is 0 Å². The van der Waals surface area contributed by atoms with E-state index in [1.165, 1.54) is 50.5 Å². The monoisotopic (exact) mass is 382 g/mol. The van der Waals surface area contributed by atoms with E-state index in [0.717, 1.165) is 30.6 Å². The lowest BCUT2D eigenvalue weighted by Gasteiger charge is -2.51. The van der Waals surface area contributed by atoms with Crippen LogP contribution in [-0.2, 0) is 0 Å². The fourth-order valence-electron chi connectivity index (χ4n) is 7.46. The minimum Gasteiger partial charge on any atom is -0.389 e. The Balaban J connectivity index is 1.60. The first kappa shape index (κ1) is 20.5. The third-order valence-corrected chi connectivity index (χ3v) is 9.22. The molecule has 0 radical (unpaired) electrons. The Labute approximate surface area is 173 Å². The van der Waals surface area contributed by atoms with Crippen LogP contribution >= 0.6 is 0 Å². The van der Waals surface area contributed by atoms with Gasteiger partial charge in [0.05, 0.1) is 6.10 Å². The van der Waals surface area contributed by atoms with E-state index in [1.807, 2.05) is 5.57 Å². The quantitative estimate of drug-likeness (QED) is 0.532. The molecular formula is C27H42O. The number of hydrogen-bond donors (Lipinski definition) is 1. The van der Waals surface area contributed by atoms with Crippen molar-refractivity contribution < 1.29 is 5.11 Å². The first-order valence-corrected chi connectivity index (χ1v) is 12.1. The van der Waals surface area contributed by atoms with E-state index in [1.54, 1.807) is 5.57 Å². The molecule has 0 spiro atoms. The molecule has 0 aromatic heterocycles. The Morgan fingerprint density at radius 1 is 1.00 bits per heavy atom. The van der Waals surface area contributed by atoms with Crippen LogP contribution in [-0.4, -0.2) is 11.2 Å². The topological polar surface area (TPSA) is 20.2 Å². The number of aliphatic hydroxyl groups excluding tert-OH is 1. The van der Waals surface area contributed by atoms with Gasteiger partial charge in [0.2, 0.25) is 0 Å². The molecule has 28 heavy (non-hydrogen) atoms. The highest BCUT2D eigenvalue weighted by Gasteiger charge is 2.53. The third-order valence-electron chi connectivity index (χ3n) is 9.22. The Bertz CT molecular complexity index is 695. The molecule has 4 rings (SSSR count). The van der Waals surface area contributed by atoms with Gasteiger partial charge < -0.3 is 5.11 Å².